The van der Waals surface area contributed by atoms with Crippen molar-refractivity contribution in [3.8, 4) is 0 Å². The monoisotopic (exact) mass is 276 g/mol. The van der Waals surface area contributed by atoms with E-state index in [1.165, 1.54) is 18.2 Å². The Morgan fingerprint density at radius 2 is 1.71 bits per heavy atom. The molecular formula is C10H10Cl2N2O3. The highest BCUT2D eigenvalue weighted by molar-refractivity contribution is 6.40. The highest BCUT2D eigenvalue weighted by Gasteiger charge is 2.13. The van der Waals surface area contributed by atoms with Gasteiger partial charge in [0.15, 0.2) is 0 Å². The Hall–Kier alpha value is -1.30. The normalized spacial score (nSPS) is 9.82. The first-order chi connectivity index (χ1) is 8.02. The van der Waals surface area contributed by atoms with Crippen LogP contribution in [0.3, 0.4) is 0 Å². The molecule has 1 aromatic carbocycles. The zero-order valence-electron chi connectivity index (χ0n) is 8.67. The van der Waals surface area contributed by atoms with Crippen LogP contribution in [0.1, 0.15) is 0 Å². The van der Waals surface area contributed by atoms with E-state index in [0.717, 1.165) is 0 Å². The standard InChI is InChI=1S/C10H10Cl2N2O3/c11-6-3-7(12)5-8(4-6)14-10(17)9(16)13-1-2-15/h3-5,15H,1-2H2,(H,13,16)(H,14,17). The molecule has 0 atom stereocenters. The largest absolute Gasteiger partial charge is 0.395 e. The summed E-state index contributed by atoms with van der Waals surface area (Å²) < 4.78 is 0. The SMILES string of the molecule is O=C(NCCO)C(=O)Nc1cc(Cl)cc(Cl)c1. The maximum Gasteiger partial charge on any atom is 0.313 e. The van der Waals surface area contributed by atoms with Crippen molar-refractivity contribution in [3.63, 3.8) is 0 Å². The Bertz CT molecular complexity index is 417. The summed E-state index contributed by atoms with van der Waals surface area (Å²) in [6.07, 6.45) is 0. The van der Waals surface area contributed by atoms with Gasteiger partial charge in [0, 0.05) is 22.3 Å². The quantitative estimate of drug-likeness (QED) is 0.722. The first-order valence-corrected chi connectivity index (χ1v) is 5.44. The third kappa shape index (κ3) is 4.60. The molecule has 0 radical (unpaired) electrons. The Morgan fingerprint density at radius 1 is 1.12 bits per heavy atom. The summed E-state index contributed by atoms with van der Waals surface area (Å²) in [6, 6.07) is 4.43. The smallest absolute Gasteiger partial charge is 0.313 e. The van der Waals surface area contributed by atoms with E-state index in [4.69, 9.17) is 28.3 Å². The van der Waals surface area contributed by atoms with Crippen LogP contribution in [0.15, 0.2) is 18.2 Å². The third-order valence-electron chi connectivity index (χ3n) is 1.72. The molecule has 17 heavy (non-hydrogen) atoms. The van der Waals surface area contributed by atoms with Crippen molar-refractivity contribution in [3.05, 3.63) is 28.2 Å². The number of nitrogens with one attached hydrogen (secondary N) is 2. The van der Waals surface area contributed by atoms with E-state index in [9.17, 15) is 9.59 Å². The molecule has 0 aliphatic rings. The molecule has 1 aromatic rings. The highest BCUT2D eigenvalue weighted by atomic mass is 35.5. The topological polar surface area (TPSA) is 78.4 Å². The number of hydrogen-bond acceptors (Lipinski definition) is 3. The Labute approximate surface area is 108 Å². The van der Waals surface area contributed by atoms with Crippen LogP contribution in [0.4, 0.5) is 5.69 Å². The fourth-order valence-electron chi connectivity index (χ4n) is 1.06. The van der Waals surface area contributed by atoms with Gasteiger partial charge in [0.25, 0.3) is 0 Å². The van der Waals surface area contributed by atoms with E-state index in [0.29, 0.717) is 15.7 Å². The number of hydrogen-bond donors (Lipinski definition) is 3. The molecule has 0 saturated heterocycles. The number of rotatable bonds is 3. The zero-order chi connectivity index (χ0) is 12.8. The van der Waals surface area contributed by atoms with Crippen molar-refractivity contribution in [2.75, 3.05) is 18.5 Å². The Kier molecular flexibility index (Phi) is 5.21. The van der Waals surface area contributed by atoms with Gasteiger partial charge in [-0.25, -0.2) is 0 Å². The summed E-state index contributed by atoms with van der Waals surface area (Å²) in [5, 5.41) is 13.7. The summed E-state index contributed by atoms with van der Waals surface area (Å²) in [7, 11) is 0. The molecule has 2 amide bonds. The number of carbonyl (C=O) groups is 2. The van der Waals surface area contributed by atoms with Crippen LogP contribution in [0.2, 0.25) is 10.0 Å². The van der Waals surface area contributed by atoms with Crippen LogP contribution in [0.25, 0.3) is 0 Å². The van der Waals surface area contributed by atoms with Crippen LogP contribution >= 0.6 is 23.2 Å². The first-order valence-electron chi connectivity index (χ1n) is 4.69. The van der Waals surface area contributed by atoms with Crippen molar-refractivity contribution < 1.29 is 14.7 Å². The second kappa shape index (κ2) is 6.44. The molecule has 92 valence electrons. The number of aliphatic hydroxyl groups excluding tert-OH is 1. The van der Waals surface area contributed by atoms with E-state index in [1.54, 1.807) is 0 Å². The van der Waals surface area contributed by atoms with E-state index < -0.39 is 11.8 Å². The van der Waals surface area contributed by atoms with Crippen molar-refractivity contribution in [1.82, 2.24) is 5.32 Å². The van der Waals surface area contributed by atoms with Crippen molar-refractivity contribution in [1.29, 1.82) is 0 Å². The van der Waals surface area contributed by atoms with Crippen LogP contribution in [0, 0.1) is 0 Å². The fourth-order valence-corrected chi connectivity index (χ4v) is 1.59. The van der Waals surface area contributed by atoms with Gasteiger partial charge in [-0.05, 0) is 18.2 Å². The van der Waals surface area contributed by atoms with Crippen molar-refractivity contribution in [2.45, 2.75) is 0 Å². The van der Waals surface area contributed by atoms with Gasteiger partial charge >= 0.3 is 11.8 Å². The fraction of sp³-hybridized carbons (Fsp3) is 0.200. The number of benzene rings is 1. The average Bonchev–Trinajstić information content (AvgIpc) is 2.24. The summed E-state index contributed by atoms with van der Waals surface area (Å²) in [6.45, 7) is -0.218. The number of amides is 2. The molecule has 7 heteroatoms. The minimum Gasteiger partial charge on any atom is -0.395 e. The second-order valence-corrected chi connectivity index (χ2v) is 3.96. The lowest BCUT2D eigenvalue weighted by Crippen LogP contribution is -2.36. The van der Waals surface area contributed by atoms with Crippen molar-refractivity contribution in [2.24, 2.45) is 0 Å². The molecule has 0 aliphatic heterocycles. The molecule has 1 rings (SSSR count). The molecule has 0 fully saturated rings. The lowest BCUT2D eigenvalue weighted by atomic mass is 10.3. The highest BCUT2D eigenvalue weighted by Crippen LogP contribution is 2.22. The molecule has 5 nitrogen and oxygen atoms in total. The molecular weight excluding hydrogens is 267 g/mol. The summed E-state index contributed by atoms with van der Waals surface area (Å²) in [4.78, 5) is 22.5. The Balaban J connectivity index is 2.64. The van der Waals surface area contributed by atoms with E-state index >= 15 is 0 Å². The van der Waals surface area contributed by atoms with Gasteiger partial charge in [-0.3, -0.25) is 9.59 Å². The number of anilines is 1. The average molecular weight is 277 g/mol. The van der Waals surface area contributed by atoms with Crippen LogP contribution in [-0.2, 0) is 9.59 Å². The predicted molar refractivity (Wildman–Crippen MR) is 65.2 cm³/mol. The third-order valence-corrected chi connectivity index (χ3v) is 2.16. The molecule has 0 bridgehead atoms. The zero-order valence-corrected chi connectivity index (χ0v) is 10.2. The molecule has 0 aliphatic carbocycles. The maximum atomic E-state index is 11.3. The van der Waals surface area contributed by atoms with Crippen molar-refractivity contribution >= 4 is 40.7 Å². The number of halogens is 2. The molecule has 0 heterocycles. The van der Waals surface area contributed by atoms with Gasteiger partial charge in [-0.1, -0.05) is 23.2 Å². The summed E-state index contributed by atoms with van der Waals surface area (Å²) in [5.74, 6) is -1.69. The van der Waals surface area contributed by atoms with Crippen LogP contribution in [0.5, 0.6) is 0 Å². The summed E-state index contributed by atoms with van der Waals surface area (Å²) in [5.41, 5.74) is 0.326. The summed E-state index contributed by atoms with van der Waals surface area (Å²) >= 11 is 11.5. The minimum absolute atomic E-state index is 0.0164. The predicted octanol–water partition coefficient (Wildman–Crippen LogP) is 1.04. The van der Waals surface area contributed by atoms with E-state index in [-0.39, 0.29) is 13.2 Å². The molecule has 3 N–H and O–H groups in total. The van der Waals surface area contributed by atoms with Gasteiger partial charge in [-0.15, -0.1) is 0 Å². The maximum absolute atomic E-state index is 11.3. The van der Waals surface area contributed by atoms with Gasteiger partial charge < -0.3 is 15.7 Å². The molecule has 0 aromatic heterocycles. The van der Waals surface area contributed by atoms with Gasteiger partial charge in [0.2, 0.25) is 0 Å². The molecule has 0 saturated carbocycles. The van der Waals surface area contributed by atoms with E-state index in [2.05, 4.69) is 10.6 Å². The van der Waals surface area contributed by atoms with Crippen LogP contribution < -0.4 is 10.6 Å². The molecule has 0 unspecified atom stereocenters. The van der Waals surface area contributed by atoms with Crippen LogP contribution in [-0.4, -0.2) is 30.1 Å². The van der Waals surface area contributed by atoms with Gasteiger partial charge in [0.1, 0.15) is 0 Å². The second-order valence-electron chi connectivity index (χ2n) is 3.09. The van der Waals surface area contributed by atoms with Gasteiger partial charge in [0.05, 0.1) is 6.61 Å². The molecule has 0 spiro atoms. The number of aliphatic hydroxyl groups is 1. The lowest BCUT2D eigenvalue weighted by molar-refractivity contribution is -0.136. The Morgan fingerprint density at radius 3 is 2.24 bits per heavy atom. The number of carbonyl (C=O) groups excluding carboxylic acids is 2. The van der Waals surface area contributed by atoms with Gasteiger partial charge in [-0.2, -0.15) is 0 Å². The van der Waals surface area contributed by atoms with E-state index in [1.807, 2.05) is 0 Å². The lowest BCUT2D eigenvalue weighted by Gasteiger charge is -2.06. The minimum atomic E-state index is -0.850. The first kappa shape index (κ1) is 13.8.